The predicted molar refractivity (Wildman–Crippen MR) is 59.3 cm³/mol. The summed E-state index contributed by atoms with van der Waals surface area (Å²) < 4.78 is 4.94. The van der Waals surface area contributed by atoms with E-state index in [1.54, 1.807) is 37.3 Å². The van der Waals surface area contributed by atoms with Crippen molar-refractivity contribution in [3.8, 4) is 0 Å². The number of hydrogen-bond donors (Lipinski definition) is 2. The van der Waals surface area contributed by atoms with Crippen molar-refractivity contribution in [2.24, 2.45) is 10.9 Å². The summed E-state index contributed by atoms with van der Waals surface area (Å²) >= 11 is 1.56. The van der Waals surface area contributed by atoms with Crippen molar-refractivity contribution in [2.45, 2.75) is 4.90 Å². The van der Waals surface area contributed by atoms with E-state index in [0.29, 0.717) is 12.2 Å². The molecule has 0 aromatic carbocycles. The zero-order chi connectivity index (χ0) is 11.1. The minimum absolute atomic E-state index is 0.0947. The maximum absolute atomic E-state index is 8.59. The average molecular weight is 227 g/mol. The fraction of sp³-hybridized carbons (Fsp3) is 0.333. The summed E-state index contributed by atoms with van der Waals surface area (Å²) in [5.74, 6) is 0.894. The molecule has 15 heavy (non-hydrogen) atoms. The van der Waals surface area contributed by atoms with Crippen LogP contribution in [-0.2, 0) is 4.74 Å². The highest BCUT2D eigenvalue weighted by Crippen LogP contribution is 2.20. The van der Waals surface area contributed by atoms with E-state index in [-0.39, 0.29) is 5.84 Å². The highest BCUT2D eigenvalue weighted by atomic mass is 32.2. The second-order valence-electron chi connectivity index (χ2n) is 2.70. The number of amidine groups is 1. The first-order valence-corrected chi connectivity index (χ1v) is 5.31. The minimum Gasteiger partial charge on any atom is -0.409 e. The van der Waals surface area contributed by atoms with Crippen molar-refractivity contribution in [2.75, 3.05) is 19.5 Å². The molecule has 0 spiro atoms. The quantitative estimate of drug-likeness (QED) is 0.195. The molecule has 1 heterocycles. The molecule has 1 rings (SSSR count). The maximum Gasteiger partial charge on any atom is 0.171 e. The van der Waals surface area contributed by atoms with Gasteiger partial charge in [-0.25, -0.2) is 0 Å². The maximum atomic E-state index is 8.59. The number of ether oxygens (including phenoxy) is 1. The van der Waals surface area contributed by atoms with Crippen LogP contribution in [0.15, 0.2) is 28.5 Å². The monoisotopic (exact) mass is 227 g/mol. The van der Waals surface area contributed by atoms with Gasteiger partial charge in [0.2, 0.25) is 0 Å². The Morgan fingerprint density at radius 3 is 3.20 bits per heavy atom. The summed E-state index contributed by atoms with van der Waals surface area (Å²) in [4.78, 5) is 4.87. The lowest BCUT2D eigenvalue weighted by molar-refractivity contribution is 0.218. The summed E-state index contributed by atoms with van der Waals surface area (Å²) in [7, 11) is 1.65. The number of hydrogen-bond acceptors (Lipinski definition) is 5. The van der Waals surface area contributed by atoms with Gasteiger partial charge in [0.1, 0.15) is 0 Å². The number of oxime groups is 1. The van der Waals surface area contributed by atoms with Crippen molar-refractivity contribution in [1.29, 1.82) is 0 Å². The SMILES string of the molecule is COCCSc1cnccc1/C(N)=N/O. The van der Waals surface area contributed by atoms with E-state index < -0.39 is 0 Å². The second kappa shape index (κ2) is 6.26. The van der Waals surface area contributed by atoms with Crippen molar-refractivity contribution in [1.82, 2.24) is 4.98 Å². The van der Waals surface area contributed by atoms with Crippen LogP contribution in [0.1, 0.15) is 5.56 Å². The molecule has 0 radical (unpaired) electrons. The topological polar surface area (TPSA) is 80.7 Å². The third-order valence-corrected chi connectivity index (χ3v) is 2.72. The standard InChI is InChI=1S/C9H13N3O2S/c1-14-4-5-15-8-6-11-3-2-7(8)9(10)12-13/h2-3,6,13H,4-5H2,1H3,(H2,10,12). The van der Waals surface area contributed by atoms with Gasteiger partial charge in [-0.15, -0.1) is 11.8 Å². The molecule has 6 heteroatoms. The molecular formula is C9H13N3O2S. The number of thioether (sulfide) groups is 1. The summed E-state index contributed by atoms with van der Waals surface area (Å²) in [6, 6.07) is 1.71. The van der Waals surface area contributed by atoms with Gasteiger partial charge in [0, 0.05) is 35.7 Å². The molecule has 0 amide bonds. The van der Waals surface area contributed by atoms with Crippen LogP contribution >= 0.6 is 11.8 Å². The fourth-order valence-electron chi connectivity index (χ4n) is 0.995. The minimum atomic E-state index is 0.0947. The van der Waals surface area contributed by atoms with E-state index >= 15 is 0 Å². The Labute approximate surface area is 92.3 Å². The van der Waals surface area contributed by atoms with Gasteiger partial charge in [0.25, 0.3) is 0 Å². The summed E-state index contributed by atoms with van der Waals surface area (Å²) in [6.45, 7) is 0.648. The van der Waals surface area contributed by atoms with Gasteiger partial charge in [0.15, 0.2) is 5.84 Å². The molecular weight excluding hydrogens is 214 g/mol. The third-order valence-electron chi connectivity index (χ3n) is 1.71. The molecule has 1 aromatic heterocycles. The molecule has 0 saturated heterocycles. The first-order chi connectivity index (χ1) is 7.29. The largest absolute Gasteiger partial charge is 0.409 e. The molecule has 0 fully saturated rings. The zero-order valence-corrected chi connectivity index (χ0v) is 9.20. The van der Waals surface area contributed by atoms with Crippen molar-refractivity contribution in [3.63, 3.8) is 0 Å². The van der Waals surface area contributed by atoms with Crippen molar-refractivity contribution < 1.29 is 9.94 Å². The van der Waals surface area contributed by atoms with E-state index in [4.69, 9.17) is 15.7 Å². The van der Waals surface area contributed by atoms with Crippen LogP contribution in [0, 0.1) is 0 Å². The average Bonchev–Trinajstić information content (AvgIpc) is 2.29. The summed E-state index contributed by atoms with van der Waals surface area (Å²) in [5, 5.41) is 11.6. The first-order valence-electron chi connectivity index (χ1n) is 4.33. The molecule has 0 aliphatic heterocycles. The normalized spacial score (nSPS) is 11.7. The molecule has 0 aliphatic rings. The van der Waals surface area contributed by atoms with Gasteiger partial charge >= 0.3 is 0 Å². The molecule has 3 N–H and O–H groups in total. The van der Waals surface area contributed by atoms with E-state index in [0.717, 1.165) is 10.6 Å². The summed E-state index contributed by atoms with van der Waals surface area (Å²) in [5.41, 5.74) is 6.22. The van der Waals surface area contributed by atoms with E-state index in [9.17, 15) is 0 Å². The predicted octanol–water partition coefficient (Wildman–Crippen LogP) is 0.915. The second-order valence-corrected chi connectivity index (χ2v) is 3.84. The molecule has 82 valence electrons. The molecule has 0 bridgehead atoms. The Bertz CT molecular complexity index is 344. The molecule has 1 aromatic rings. The number of nitrogens with zero attached hydrogens (tertiary/aromatic N) is 2. The van der Waals surface area contributed by atoms with Crippen LogP contribution in [0.4, 0.5) is 0 Å². The molecule has 0 aliphatic carbocycles. The van der Waals surface area contributed by atoms with Gasteiger partial charge in [-0.2, -0.15) is 0 Å². The van der Waals surface area contributed by atoms with Crippen LogP contribution in [0.2, 0.25) is 0 Å². The summed E-state index contributed by atoms with van der Waals surface area (Å²) in [6.07, 6.45) is 3.29. The Morgan fingerprint density at radius 1 is 1.73 bits per heavy atom. The van der Waals surface area contributed by atoms with Gasteiger partial charge in [0.05, 0.1) is 6.61 Å². The van der Waals surface area contributed by atoms with Crippen LogP contribution in [0.5, 0.6) is 0 Å². The number of nitrogens with two attached hydrogens (primary N) is 1. The highest BCUT2D eigenvalue weighted by Gasteiger charge is 2.06. The molecule has 5 nitrogen and oxygen atoms in total. The lowest BCUT2D eigenvalue weighted by Gasteiger charge is -2.06. The van der Waals surface area contributed by atoms with Crippen molar-refractivity contribution >= 4 is 17.6 Å². The number of pyridine rings is 1. The number of rotatable bonds is 5. The molecule has 0 atom stereocenters. The van der Waals surface area contributed by atoms with Crippen LogP contribution in [0.25, 0.3) is 0 Å². The van der Waals surface area contributed by atoms with Gasteiger partial charge in [-0.3, -0.25) is 4.98 Å². The molecule has 0 unspecified atom stereocenters. The lowest BCUT2D eigenvalue weighted by atomic mass is 10.2. The fourth-order valence-corrected chi connectivity index (χ4v) is 1.93. The van der Waals surface area contributed by atoms with E-state index in [1.165, 1.54) is 0 Å². The van der Waals surface area contributed by atoms with Crippen LogP contribution < -0.4 is 5.73 Å². The Balaban J connectivity index is 2.77. The highest BCUT2D eigenvalue weighted by molar-refractivity contribution is 7.99. The Hall–Kier alpha value is -1.27. The van der Waals surface area contributed by atoms with Gasteiger partial charge in [-0.1, -0.05) is 5.16 Å². The van der Waals surface area contributed by atoms with Crippen molar-refractivity contribution in [3.05, 3.63) is 24.0 Å². The molecule has 0 saturated carbocycles. The van der Waals surface area contributed by atoms with Crippen LogP contribution in [-0.4, -0.2) is 35.5 Å². The number of methoxy groups -OCH3 is 1. The van der Waals surface area contributed by atoms with E-state index in [1.807, 2.05) is 0 Å². The first kappa shape index (κ1) is 11.8. The lowest BCUT2D eigenvalue weighted by Crippen LogP contribution is -2.14. The van der Waals surface area contributed by atoms with Crippen LogP contribution in [0.3, 0.4) is 0 Å². The van der Waals surface area contributed by atoms with Gasteiger partial charge < -0.3 is 15.7 Å². The Kier molecular flexibility index (Phi) is 4.92. The smallest absolute Gasteiger partial charge is 0.171 e. The zero-order valence-electron chi connectivity index (χ0n) is 8.38. The Morgan fingerprint density at radius 2 is 2.53 bits per heavy atom. The number of aromatic nitrogens is 1. The van der Waals surface area contributed by atoms with E-state index in [2.05, 4.69) is 10.1 Å². The third kappa shape index (κ3) is 3.41. The van der Waals surface area contributed by atoms with Gasteiger partial charge in [-0.05, 0) is 6.07 Å².